The zero-order valence-electron chi connectivity index (χ0n) is 35.8. The molecule has 2 fully saturated rings. The highest BCUT2D eigenvalue weighted by Gasteiger charge is 2.43. The average molecular weight is 925 g/mol. The molecule has 2 aliphatic carbocycles. The van der Waals surface area contributed by atoms with E-state index in [4.69, 9.17) is 10.5 Å². The average Bonchev–Trinajstić information content (AvgIpc) is 3.22. The summed E-state index contributed by atoms with van der Waals surface area (Å²) in [7, 11) is 0. The fourth-order valence-electron chi connectivity index (χ4n) is 8.79. The van der Waals surface area contributed by atoms with Crippen LogP contribution in [0.5, 0.6) is 11.5 Å². The lowest BCUT2D eigenvalue weighted by Crippen LogP contribution is -2.26. The molecule has 0 aromatic heterocycles. The van der Waals surface area contributed by atoms with Crippen LogP contribution in [0.3, 0.4) is 0 Å². The van der Waals surface area contributed by atoms with Gasteiger partial charge < -0.3 is 9.47 Å². The van der Waals surface area contributed by atoms with E-state index in [0.717, 1.165) is 114 Å². The number of benzene rings is 4. The van der Waals surface area contributed by atoms with Crippen LogP contribution >= 0.6 is 0 Å². The Morgan fingerprint density at radius 1 is 0.462 bits per heavy atom. The lowest BCUT2D eigenvalue weighted by molar-refractivity contribution is -0.190. The number of halogens is 12. The Morgan fingerprint density at radius 2 is 0.769 bits per heavy atom. The van der Waals surface area contributed by atoms with Crippen LogP contribution in [0.15, 0.2) is 48.5 Å². The quantitative estimate of drug-likeness (QED) is 0.0880. The molecule has 0 bridgehead atoms. The minimum atomic E-state index is -4.53. The van der Waals surface area contributed by atoms with Crippen LogP contribution in [-0.4, -0.2) is 0 Å². The first kappa shape index (κ1) is 50.6. The summed E-state index contributed by atoms with van der Waals surface area (Å²) in [5.41, 5.74) is -4.61. The van der Waals surface area contributed by atoms with E-state index in [1.807, 2.05) is 0 Å². The van der Waals surface area contributed by atoms with Gasteiger partial charge in [-0.2, -0.15) is 28.1 Å². The van der Waals surface area contributed by atoms with Crippen molar-refractivity contribution in [1.29, 1.82) is 10.5 Å². The van der Waals surface area contributed by atoms with Crippen molar-refractivity contribution in [3.8, 4) is 23.6 Å². The maximum Gasteiger partial charge on any atom is 0.432 e. The molecule has 65 heavy (non-hydrogen) atoms. The zero-order valence-corrected chi connectivity index (χ0v) is 35.8. The monoisotopic (exact) mass is 924 g/mol. The summed E-state index contributed by atoms with van der Waals surface area (Å²) in [6, 6.07) is 7.46. The first-order chi connectivity index (χ1) is 30.8. The van der Waals surface area contributed by atoms with Gasteiger partial charge in [-0.3, -0.25) is 0 Å². The largest absolute Gasteiger partial charge is 0.432 e. The second-order valence-electron chi connectivity index (χ2n) is 16.8. The topological polar surface area (TPSA) is 66.0 Å². The summed E-state index contributed by atoms with van der Waals surface area (Å²) >= 11 is 0. The van der Waals surface area contributed by atoms with E-state index in [2.05, 4.69) is 23.3 Å². The van der Waals surface area contributed by atoms with Gasteiger partial charge in [0, 0.05) is 24.3 Å². The first-order valence-corrected chi connectivity index (χ1v) is 21.7. The van der Waals surface area contributed by atoms with Gasteiger partial charge in [-0.05, 0) is 110 Å². The van der Waals surface area contributed by atoms with Crippen molar-refractivity contribution < 1.29 is 62.2 Å². The Kier molecular flexibility index (Phi) is 17.3. The number of nitrogens with zero attached hydrogens (tertiary/aromatic N) is 2. The molecule has 2 aliphatic rings. The predicted octanol–water partition coefficient (Wildman–Crippen LogP) is 15.8. The number of hydrogen-bond acceptors (Lipinski definition) is 4. The smallest absolute Gasteiger partial charge is 0.429 e. The number of alkyl halides is 4. The highest BCUT2D eigenvalue weighted by molar-refractivity contribution is 5.40. The molecule has 4 aromatic carbocycles. The minimum absolute atomic E-state index is 0.123. The van der Waals surface area contributed by atoms with E-state index in [0.29, 0.717) is 47.2 Å². The summed E-state index contributed by atoms with van der Waals surface area (Å²) in [6.45, 7) is 4.26. The maximum atomic E-state index is 14.6. The standard InChI is InChI=1S/C25H25F6NO.C24H23F6NO/c1-2-3-4-5-15-6-8-16(9-7-15)17-10-22(28)24(23(29)11-17)25(30,31)33-18-12-20(26)19(14-32)21(27)13-18;1-2-3-4-14-5-7-15(8-6-14)16-9-21(27)23(22(28)10-16)24(29,30)32-17-11-19(25)18(13-31)20(26)12-17/h10-13,15-16H,2-9H2,1H3;9-12,14-15H,2-8H2,1H3. The Labute approximate surface area is 370 Å². The van der Waals surface area contributed by atoms with E-state index in [-0.39, 0.29) is 11.8 Å². The van der Waals surface area contributed by atoms with Crippen LogP contribution in [0, 0.1) is 81.0 Å². The van der Waals surface area contributed by atoms with Gasteiger partial charge in [0.05, 0.1) is 0 Å². The minimum Gasteiger partial charge on any atom is -0.429 e. The van der Waals surface area contributed by atoms with Crippen LogP contribution in [0.1, 0.15) is 155 Å². The molecule has 4 aromatic rings. The van der Waals surface area contributed by atoms with Gasteiger partial charge in [0.15, 0.2) is 0 Å². The first-order valence-electron chi connectivity index (χ1n) is 21.7. The van der Waals surface area contributed by atoms with Crippen molar-refractivity contribution >= 4 is 0 Å². The third-order valence-electron chi connectivity index (χ3n) is 12.3. The fraction of sp³-hybridized carbons (Fsp3) is 0.469. The number of nitriles is 2. The van der Waals surface area contributed by atoms with Crippen LogP contribution in [0.25, 0.3) is 0 Å². The molecule has 0 aliphatic heterocycles. The lowest BCUT2D eigenvalue weighted by Gasteiger charge is -2.29. The molecular weight excluding hydrogens is 877 g/mol. The molecule has 16 heteroatoms. The van der Waals surface area contributed by atoms with Crippen molar-refractivity contribution in [3.63, 3.8) is 0 Å². The second-order valence-corrected chi connectivity index (χ2v) is 16.8. The summed E-state index contributed by atoms with van der Waals surface area (Å²) in [5, 5.41) is 17.3. The van der Waals surface area contributed by atoms with Crippen LogP contribution in [0.2, 0.25) is 0 Å². The summed E-state index contributed by atoms with van der Waals surface area (Å²) < 4.78 is 180. The van der Waals surface area contributed by atoms with Gasteiger partial charge in [0.25, 0.3) is 0 Å². The SMILES string of the molecule is CCCCC1CCC(c2cc(F)c(C(F)(F)Oc3cc(F)c(C#N)c(F)c3)c(F)c2)CC1.CCCCCC1CCC(c2cc(F)c(C(F)(F)Oc3cc(F)c(C#N)c(F)c3)c(F)c2)CC1. The van der Waals surface area contributed by atoms with Gasteiger partial charge >= 0.3 is 12.2 Å². The number of ether oxygens (including phenoxy) is 2. The van der Waals surface area contributed by atoms with Crippen LogP contribution < -0.4 is 9.47 Å². The van der Waals surface area contributed by atoms with E-state index in [9.17, 15) is 52.7 Å². The highest BCUT2D eigenvalue weighted by Crippen LogP contribution is 2.43. The Morgan fingerprint density at radius 3 is 1.06 bits per heavy atom. The molecule has 0 spiro atoms. The van der Waals surface area contributed by atoms with Crippen molar-refractivity contribution in [2.75, 3.05) is 0 Å². The third-order valence-corrected chi connectivity index (χ3v) is 12.3. The van der Waals surface area contributed by atoms with Gasteiger partial charge in [-0.25, -0.2) is 35.1 Å². The molecule has 0 heterocycles. The molecule has 0 saturated heterocycles. The number of rotatable bonds is 15. The summed E-state index contributed by atoms with van der Waals surface area (Å²) in [5.74, 6) is -12.8. The summed E-state index contributed by atoms with van der Waals surface area (Å²) in [4.78, 5) is 0. The van der Waals surface area contributed by atoms with Crippen molar-refractivity contribution in [2.24, 2.45) is 11.8 Å². The van der Waals surface area contributed by atoms with Gasteiger partial charge in [0.1, 0.15) is 92.4 Å². The molecule has 4 nitrogen and oxygen atoms in total. The van der Waals surface area contributed by atoms with E-state index < -0.39 is 92.5 Å². The van der Waals surface area contributed by atoms with E-state index >= 15 is 0 Å². The zero-order chi connectivity index (χ0) is 47.6. The Bertz CT molecular complexity index is 2270. The normalized spacial score (nSPS) is 18.8. The van der Waals surface area contributed by atoms with Crippen LogP contribution in [-0.2, 0) is 12.2 Å². The lowest BCUT2D eigenvalue weighted by atomic mass is 9.77. The molecule has 350 valence electrons. The van der Waals surface area contributed by atoms with Crippen LogP contribution in [0.4, 0.5) is 52.7 Å². The Balaban J connectivity index is 0.000000244. The maximum absolute atomic E-state index is 14.6. The molecule has 0 amide bonds. The molecule has 6 rings (SSSR count). The van der Waals surface area contributed by atoms with E-state index in [1.54, 1.807) is 0 Å². The molecule has 0 atom stereocenters. The fourth-order valence-corrected chi connectivity index (χ4v) is 8.79. The molecule has 2 saturated carbocycles. The number of hydrogen-bond donors (Lipinski definition) is 0. The summed E-state index contributed by atoms with van der Waals surface area (Å²) in [6.07, 6.45) is 5.50. The Hall–Kier alpha value is -5.38. The molecule has 0 unspecified atom stereocenters. The third kappa shape index (κ3) is 12.7. The second kappa shape index (κ2) is 22.2. The van der Waals surface area contributed by atoms with Gasteiger partial charge in [-0.1, -0.05) is 58.8 Å². The van der Waals surface area contributed by atoms with Crippen molar-refractivity contribution in [3.05, 3.63) is 128 Å². The highest BCUT2D eigenvalue weighted by atomic mass is 19.3. The van der Waals surface area contributed by atoms with Gasteiger partial charge in [0.2, 0.25) is 0 Å². The molecular formula is C49H48F12N2O2. The molecule has 0 N–H and O–H groups in total. The van der Waals surface area contributed by atoms with E-state index in [1.165, 1.54) is 18.6 Å². The predicted molar refractivity (Wildman–Crippen MR) is 217 cm³/mol. The number of unbranched alkanes of at least 4 members (excludes halogenated alkanes) is 3. The van der Waals surface area contributed by atoms with Gasteiger partial charge in [-0.15, -0.1) is 0 Å². The molecule has 0 radical (unpaired) electrons. The van der Waals surface area contributed by atoms with Crippen molar-refractivity contribution in [1.82, 2.24) is 0 Å². The van der Waals surface area contributed by atoms with Crippen molar-refractivity contribution in [2.45, 2.75) is 134 Å².